The highest BCUT2D eigenvalue weighted by Gasteiger charge is 2.24. The summed E-state index contributed by atoms with van der Waals surface area (Å²) in [5, 5.41) is 4.09. The van der Waals surface area contributed by atoms with Gasteiger partial charge in [-0.2, -0.15) is 0 Å². The molecule has 0 aliphatic carbocycles. The van der Waals surface area contributed by atoms with Gasteiger partial charge in [-0.25, -0.2) is 9.97 Å². The van der Waals surface area contributed by atoms with Gasteiger partial charge in [0.2, 0.25) is 10.9 Å². The van der Waals surface area contributed by atoms with Crippen molar-refractivity contribution in [2.75, 3.05) is 23.3 Å². The maximum atomic E-state index is 11.5. The van der Waals surface area contributed by atoms with E-state index in [-0.39, 0.29) is 0 Å². The quantitative estimate of drug-likeness (QED) is 0.535. The lowest BCUT2D eigenvalue weighted by atomic mass is 9.90. The Labute approximate surface area is 160 Å². The minimum atomic E-state index is -0.450. The fraction of sp³-hybridized carbons (Fsp3) is 0.238. The lowest BCUT2D eigenvalue weighted by Gasteiger charge is -2.34. The molecule has 1 aliphatic heterocycles. The molecule has 1 fully saturated rings. The minimum absolute atomic E-state index is 0.364. The molecule has 0 radical (unpaired) electrons. The van der Waals surface area contributed by atoms with Crippen LogP contribution < -0.4 is 21.1 Å². The van der Waals surface area contributed by atoms with Gasteiger partial charge in [-0.05, 0) is 36.6 Å². The monoisotopic (exact) mass is 373 g/mol. The van der Waals surface area contributed by atoms with Crippen LogP contribution in [0.15, 0.2) is 58.5 Å². The third-order valence-corrected chi connectivity index (χ3v) is 5.43. The van der Waals surface area contributed by atoms with Gasteiger partial charge in [0.1, 0.15) is 17.8 Å². The van der Waals surface area contributed by atoms with Gasteiger partial charge in [0.05, 0.1) is 11.1 Å². The van der Waals surface area contributed by atoms with Crippen molar-refractivity contribution in [3.63, 3.8) is 0 Å². The van der Waals surface area contributed by atoms with Gasteiger partial charge in [0.15, 0.2) is 0 Å². The van der Waals surface area contributed by atoms with Crippen LogP contribution in [0.4, 0.5) is 17.2 Å². The van der Waals surface area contributed by atoms with E-state index in [1.165, 1.54) is 11.6 Å². The topological polar surface area (TPSA) is 91.0 Å². The van der Waals surface area contributed by atoms with Crippen LogP contribution in [0.2, 0.25) is 0 Å². The second-order valence-corrected chi connectivity index (χ2v) is 7.22. The van der Waals surface area contributed by atoms with Crippen molar-refractivity contribution in [1.29, 1.82) is 0 Å². The molecule has 1 saturated heterocycles. The highest BCUT2D eigenvalue weighted by Crippen LogP contribution is 2.32. The van der Waals surface area contributed by atoms with E-state index in [9.17, 15) is 9.59 Å². The zero-order valence-corrected chi connectivity index (χ0v) is 15.2. The first-order chi connectivity index (χ1) is 13.7. The summed E-state index contributed by atoms with van der Waals surface area (Å²) in [6.45, 7) is 1.84. The number of nitrogens with zero attached hydrogens (tertiary/aromatic N) is 3. The number of fused-ring (bicyclic) bond motifs is 1. The number of H-pyrrole nitrogens is 1. The largest absolute Gasteiger partial charge is 0.355 e. The van der Waals surface area contributed by atoms with E-state index in [4.69, 9.17) is 0 Å². The Morgan fingerprint density at radius 3 is 2.93 bits per heavy atom. The maximum absolute atomic E-state index is 11.5. The van der Waals surface area contributed by atoms with Gasteiger partial charge in [-0.15, -0.1) is 0 Å². The number of anilines is 3. The smallest absolute Gasteiger partial charge is 0.249 e. The molecule has 1 unspecified atom stereocenters. The summed E-state index contributed by atoms with van der Waals surface area (Å²) in [6, 6.07) is 11.4. The fourth-order valence-corrected chi connectivity index (χ4v) is 3.99. The number of benzene rings is 1. The average molecular weight is 373 g/mol. The number of rotatable bonds is 4. The number of hydrogen-bond donors (Lipinski definition) is 2. The Hall–Kier alpha value is -3.48. The van der Waals surface area contributed by atoms with E-state index < -0.39 is 10.9 Å². The summed E-state index contributed by atoms with van der Waals surface area (Å²) in [7, 11) is 0. The lowest BCUT2D eigenvalue weighted by Crippen LogP contribution is -2.35. The van der Waals surface area contributed by atoms with E-state index in [1.54, 1.807) is 6.33 Å². The second kappa shape index (κ2) is 6.60. The van der Waals surface area contributed by atoms with Crippen molar-refractivity contribution in [3.05, 3.63) is 74.9 Å². The summed E-state index contributed by atoms with van der Waals surface area (Å²) < 4.78 is 0. The molecule has 0 saturated carbocycles. The molecule has 5 rings (SSSR count). The predicted molar refractivity (Wildman–Crippen MR) is 109 cm³/mol. The van der Waals surface area contributed by atoms with Crippen molar-refractivity contribution in [3.8, 4) is 0 Å². The molecule has 2 aromatic carbocycles. The molecular weight excluding hydrogens is 354 g/mol. The maximum Gasteiger partial charge on any atom is 0.249 e. The van der Waals surface area contributed by atoms with E-state index in [1.807, 2.05) is 24.4 Å². The summed E-state index contributed by atoms with van der Waals surface area (Å²) in [5.74, 6) is 1.33. The number of hydrogen-bond acceptors (Lipinski definition) is 6. The molecule has 1 atom stereocenters. The predicted octanol–water partition coefficient (Wildman–Crippen LogP) is 2.68. The third kappa shape index (κ3) is 2.85. The normalized spacial score (nSPS) is 17.3. The average Bonchev–Trinajstić information content (AvgIpc) is 3.22. The number of aromatic nitrogens is 3. The highest BCUT2D eigenvalue weighted by atomic mass is 16.2. The Kier molecular flexibility index (Phi) is 3.93. The van der Waals surface area contributed by atoms with Crippen molar-refractivity contribution in [2.24, 2.45) is 0 Å². The summed E-state index contributed by atoms with van der Waals surface area (Å²) in [6.07, 6.45) is 5.67. The summed E-state index contributed by atoms with van der Waals surface area (Å²) >= 11 is 0. The second-order valence-electron chi connectivity index (χ2n) is 7.22. The minimum Gasteiger partial charge on any atom is -0.355 e. The molecule has 7 heteroatoms. The molecule has 4 aromatic rings. The van der Waals surface area contributed by atoms with Gasteiger partial charge in [-0.3, -0.25) is 9.59 Å². The van der Waals surface area contributed by atoms with E-state index in [2.05, 4.69) is 37.3 Å². The molecule has 0 bridgehead atoms. The van der Waals surface area contributed by atoms with Gasteiger partial charge >= 0.3 is 0 Å². The third-order valence-electron chi connectivity index (χ3n) is 5.43. The Morgan fingerprint density at radius 2 is 2.07 bits per heavy atom. The first-order valence-electron chi connectivity index (χ1n) is 9.39. The van der Waals surface area contributed by atoms with Crippen molar-refractivity contribution < 1.29 is 0 Å². The summed E-state index contributed by atoms with van der Waals surface area (Å²) in [5.41, 5.74) is 2.37. The van der Waals surface area contributed by atoms with Crippen LogP contribution in [-0.4, -0.2) is 28.0 Å². The zero-order chi connectivity index (χ0) is 19.1. The lowest BCUT2D eigenvalue weighted by molar-refractivity contribution is 0.508. The van der Waals surface area contributed by atoms with Crippen LogP contribution >= 0.6 is 0 Å². The molecule has 140 valence electrons. The number of nitrogens with one attached hydrogen (secondary N) is 2. The number of piperidine rings is 1. The van der Waals surface area contributed by atoms with Gasteiger partial charge in [0, 0.05) is 37.0 Å². The van der Waals surface area contributed by atoms with Gasteiger partial charge in [-0.1, -0.05) is 12.1 Å². The SMILES string of the molecule is O=c1cc(Nc2cccc(C3CCCN(c4ncnc5[nH]ccc45)C3)c2)c1=O. The van der Waals surface area contributed by atoms with Crippen LogP contribution in [0.3, 0.4) is 0 Å². The van der Waals surface area contributed by atoms with Crippen LogP contribution in [0.1, 0.15) is 24.3 Å². The highest BCUT2D eigenvalue weighted by molar-refractivity contribution is 5.87. The molecule has 28 heavy (non-hydrogen) atoms. The molecule has 0 spiro atoms. The van der Waals surface area contributed by atoms with Crippen LogP contribution in [0.25, 0.3) is 11.0 Å². The standard InChI is InChI=1S/C21H19N5O2/c27-18-10-17(19(18)28)25-15-5-1-3-13(9-15)14-4-2-8-26(11-14)21-16-6-7-22-20(16)23-12-24-21/h1,3,5-7,9-10,12,14,25H,2,4,8,11H2,(H,22,23,24). The van der Waals surface area contributed by atoms with Crippen LogP contribution in [0.5, 0.6) is 0 Å². The Bertz CT molecular complexity index is 1220. The molecule has 0 amide bonds. The van der Waals surface area contributed by atoms with E-state index in [0.29, 0.717) is 11.6 Å². The van der Waals surface area contributed by atoms with Gasteiger partial charge in [0.25, 0.3) is 0 Å². The fourth-order valence-electron chi connectivity index (χ4n) is 3.99. The van der Waals surface area contributed by atoms with Crippen molar-refractivity contribution in [1.82, 2.24) is 15.0 Å². The molecular formula is C21H19N5O2. The number of aromatic amines is 1. The first-order valence-corrected chi connectivity index (χ1v) is 9.39. The molecule has 7 nitrogen and oxygen atoms in total. The van der Waals surface area contributed by atoms with Gasteiger partial charge < -0.3 is 15.2 Å². The van der Waals surface area contributed by atoms with E-state index >= 15 is 0 Å². The summed E-state index contributed by atoms with van der Waals surface area (Å²) in [4.78, 5) is 36.9. The molecule has 3 heterocycles. The van der Waals surface area contributed by atoms with Crippen LogP contribution in [0, 0.1) is 0 Å². The zero-order valence-electron chi connectivity index (χ0n) is 15.2. The van der Waals surface area contributed by atoms with Crippen molar-refractivity contribution in [2.45, 2.75) is 18.8 Å². The molecule has 2 N–H and O–H groups in total. The Morgan fingerprint density at radius 1 is 1.14 bits per heavy atom. The van der Waals surface area contributed by atoms with Crippen molar-refractivity contribution >= 4 is 28.2 Å². The van der Waals surface area contributed by atoms with Crippen LogP contribution in [-0.2, 0) is 0 Å². The molecule has 1 aliphatic rings. The Balaban J connectivity index is 1.39. The molecule has 2 aromatic heterocycles. The first kappa shape index (κ1) is 16.7. The van der Waals surface area contributed by atoms with E-state index in [0.717, 1.165) is 48.5 Å².